The number of esters is 1. The van der Waals surface area contributed by atoms with E-state index in [9.17, 15) is 9.18 Å². The molecule has 0 aliphatic carbocycles. The van der Waals surface area contributed by atoms with Crippen LogP contribution in [0.5, 0.6) is 0 Å². The van der Waals surface area contributed by atoms with Crippen molar-refractivity contribution in [2.45, 2.75) is 6.92 Å². The Labute approximate surface area is 92.3 Å². The zero-order valence-electron chi connectivity index (χ0n) is 8.43. The first-order chi connectivity index (χ1) is 6.99. The second-order valence-electron chi connectivity index (χ2n) is 3.06. The quantitative estimate of drug-likeness (QED) is 0.726. The summed E-state index contributed by atoms with van der Waals surface area (Å²) in [5.41, 5.74) is 0.475. The van der Waals surface area contributed by atoms with Crippen molar-refractivity contribution in [3.8, 4) is 0 Å². The predicted molar refractivity (Wildman–Crippen MR) is 57.5 cm³/mol. The molecule has 0 aliphatic heterocycles. The summed E-state index contributed by atoms with van der Waals surface area (Å²) in [6, 6.07) is 2.73. The summed E-state index contributed by atoms with van der Waals surface area (Å²) < 4.78 is 18.2. The molecule has 0 aromatic heterocycles. The summed E-state index contributed by atoms with van der Waals surface area (Å²) in [4.78, 5) is 11.2. The van der Waals surface area contributed by atoms with Crippen molar-refractivity contribution in [1.29, 1.82) is 0 Å². The summed E-state index contributed by atoms with van der Waals surface area (Å²) in [5, 5.41) is 0.229. The van der Waals surface area contributed by atoms with Crippen molar-refractivity contribution in [3.05, 3.63) is 40.7 Å². The van der Waals surface area contributed by atoms with E-state index >= 15 is 0 Å². The zero-order valence-corrected chi connectivity index (χ0v) is 9.19. The van der Waals surface area contributed by atoms with E-state index in [1.807, 2.05) is 0 Å². The minimum atomic E-state index is -0.730. The van der Waals surface area contributed by atoms with Gasteiger partial charge < -0.3 is 4.74 Å². The van der Waals surface area contributed by atoms with Crippen molar-refractivity contribution in [2.24, 2.45) is 0 Å². The Morgan fingerprint density at radius 3 is 2.60 bits per heavy atom. The maximum absolute atomic E-state index is 13.8. The third-order valence-electron chi connectivity index (χ3n) is 1.92. The lowest BCUT2D eigenvalue weighted by molar-refractivity contribution is 0.0595. The SMILES string of the molecule is C=C(C)c1c(Cl)ccc(C(=O)OC)c1F. The third kappa shape index (κ3) is 2.18. The molecule has 2 nitrogen and oxygen atoms in total. The highest BCUT2D eigenvalue weighted by Crippen LogP contribution is 2.28. The molecule has 0 fully saturated rings. The normalized spacial score (nSPS) is 9.87. The van der Waals surface area contributed by atoms with Crippen LogP contribution in [0.2, 0.25) is 5.02 Å². The van der Waals surface area contributed by atoms with Gasteiger partial charge in [-0.2, -0.15) is 0 Å². The summed E-state index contributed by atoms with van der Waals surface area (Å²) in [6.07, 6.45) is 0. The van der Waals surface area contributed by atoms with E-state index in [-0.39, 0.29) is 16.1 Å². The minimum Gasteiger partial charge on any atom is -0.465 e. The van der Waals surface area contributed by atoms with Crippen LogP contribution in [0.15, 0.2) is 18.7 Å². The average molecular weight is 229 g/mol. The number of ether oxygens (including phenoxy) is 1. The van der Waals surface area contributed by atoms with Gasteiger partial charge in [-0.05, 0) is 24.6 Å². The Hall–Kier alpha value is -1.35. The van der Waals surface area contributed by atoms with Crippen LogP contribution in [-0.4, -0.2) is 13.1 Å². The second-order valence-corrected chi connectivity index (χ2v) is 3.46. The van der Waals surface area contributed by atoms with E-state index in [2.05, 4.69) is 11.3 Å². The van der Waals surface area contributed by atoms with Gasteiger partial charge in [0.1, 0.15) is 5.82 Å². The molecule has 1 aromatic rings. The van der Waals surface area contributed by atoms with Crippen LogP contribution >= 0.6 is 11.6 Å². The number of rotatable bonds is 2. The molecule has 0 N–H and O–H groups in total. The Morgan fingerprint density at radius 2 is 2.13 bits per heavy atom. The molecule has 1 aromatic carbocycles. The first kappa shape index (κ1) is 11.7. The maximum atomic E-state index is 13.8. The number of hydrogen-bond donors (Lipinski definition) is 0. The number of carbonyl (C=O) groups is 1. The van der Waals surface area contributed by atoms with E-state index in [1.165, 1.54) is 19.2 Å². The lowest BCUT2D eigenvalue weighted by Gasteiger charge is -2.08. The molecule has 15 heavy (non-hydrogen) atoms. The van der Waals surface area contributed by atoms with Crippen LogP contribution < -0.4 is 0 Å². The van der Waals surface area contributed by atoms with Gasteiger partial charge in [0.05, 0.1) is 17.7 Å². The fourth-order valence-corrected chi connectivity index (χ4v) is 1.52. The molecule has 1 rings (SSSR count). The Kier molecular flexibility index (Phi) is 3.48. The molecule has 4 heteroatoms. The van der Waals surface area contributed by atoms with Crippen LogP contribution in [-0.2, 0) is 4.74 Å². The molecule has 0 amide bonds. The molecule has 0 heterocycles. The summed E-state index contributed by atoms with van der Waals surface area (Å²) in [5.74, 6) is -1.42. The topological polar surface area (TPSA) is 26.3 Å². The van der Waals surface area contributed by atoms with Gasteiger partial charge in [0, 0.05) is 5.56 Å². The lowest BCUT2D eigenvalue weighted by atomic mass is 10.0. The molecule has 0 saturated carbocycles. The van der Waals surface area contributed by atoms with Gasteiger partial charge in [0.15, 0.2) is 0 Å². The van der Waals surface area contributed by atoms with Crippen molar-refractivity contribution < 1.29 is 13.9 Å². The molecule has 0 atom stereocenters. The van der Waals surface area contributed by atoms with Gasteiger partial charge in [0.25, 0.3) is 0 Å². The van der Waals surface area contributed by atoms with Gasteiger partial charge in [0.2, 0.25) is 0 Å². The molecule has 80 valence electrons. The number of halogens is 2. The number of allylic oxidation sites excluding steroid dienone is 1. The number of benzene rings is 1. The van der Waals surface area contributed by atoms with E-state index < -0.39 is 11.8 Å². The fraction of sp³-hybridized carbons (Fsp3) is 0.182. The Balaban J connectivity index is 3.41. The van der Waals surface area contributed by atoms with E-state index in [0.717, 1.165) is 0 Å². The van der Waals surface area contributed by atoms with Gasteiger partial charge in [-0.25, -0.2) is 9.18 Å². The number of carbonyl (C=O) groups excluding carboxylic acids is 1. The first-order valence-corrected chi connectivity index (χ1v) is 4.59. The van der Waals surface area contributed by atoms with E-state index in [1.54, 1.807) is 6.92 Å². The molecular formula is C11H10ClFO2. The summed E-state index contributed by atoms with van der Waals surface area (Å²) in [7, 11) is 1.19. The molecular weight excluding hydrogens is 219 g/mol. The van der Waals surface area contributed by atoms with Crippen LogP contribution in [0.25, 0.3) is 5.57 Å². The Morgan fingerprint density at radius 1 is 1.53 bits per heavy atom. The van der Waals surface area contributed by atoms with Gasteiger partial charge in [-0.15, -0.1) is 0 Å². The van der Waals surface area contributed by atoms with Crippen molar-refractivity contribution in [2.75, 3.05) is 7.11 Å². The first-order valence-electron chi connectivity index (χ1n) is 4.21. The number of hydrogen-bond acceptors (Lipinski definition) is 2. The predicted octanol–water partition coefficient (Wildman–Crippen LogP) is 3.30. The molecule has 0 spiro atoms. The highest BCUT2D eigenvalue weighted by atomic mass is 35.5. The van der Waals surface area contributed by atoms with Crippen molar-refractivity contribution in [3.63, 3.8) is 0 Å². The van der Waals surface area contributed by atoms with E-state index in [4.69, 9.17) is 11.6 Å². The van der Waals surface area contributed by atoms with E-state index in [0.29, 0.717) is 5.57 Å². The van der Waals surface area contributed by atoms with Crippen LogP contribution in [0.1, 0.15) is 22.8 Å². The monoisotopic (exact) mass is 228 g/mol. The van der Waals surface area contributed by atoms with Gasteiger partial charge >= 0.3 is 5.97 Å². The highest BCUT2D eigenvalue weighted by molar-refractivity contribution is 6.32. The lowest BCUT2D eigenvalue weighted by Crippen LogP contribution is -2.06. The van der Waals surface area contributed by atoms with Crippen molar-refractivity contribution in [1.82, 2.24) is 0 Å². The molecule has 0 aliphatic rings. The average Bonchev–Trinajstić information content (AvgIpc) is 2.16. The Bertz CT molecular complexity index is 427. The zero-order chi connectivity index (χ0) is 11.6. The molecule has 0 unspecified atom stereocenters. The third-order valence-corrected chi connectivity index (χ3v) is 2.24. The van der Waals surface area contributed by atoms with Crippen LogP contribution in [0, 0.1) is 5.82 Å². The fourth-order valence-electron chi connectivity index (χ4n) is 1.21. The summed E-state index contributed by atoms with van der Waals surface area (Å²) in [6.45, 7) is 5.21. The van der Waals surface area contributed by atoms with Crippen LogP contribution in [0.4, 0.5) is 4.39 Å². The minimum absolute atomic E-state index is 0.139. The van der Waals surface area contributed by atoms with Gasteiger partial charge in [-0.1, -0.05) is 18.2 Å². The smallest absolute Gasteiger partial charge is 0.340 e. The standard InChI is InChI=1S/C11H10ClFO2/c1-6(2)9-8(12)5-4-7(10(9)13)11(14)15-3/h4-5H,1H2,2-3H3. The van der Waals surface area contributed by atoms with Gasteiger partial charge in [-0.3, -0.25) is 0 Å². The van der Waals surface area contributed by atoms with Crippen molar-refractivity contribution >= 4 is 23.1 Å². The number of methoxy groups -OCH3 is 1. The molecule has 0 saturated heterocycles. The second kappa shape index (κ2) is 4.45. The molecule has 0 bridgehead atoms. The summed E-state index contributed by atoms with van der Waals surface area (Å²) >= 11 is 5.79. The molecule has 0 radical (unpaired) electrons. The van der Waals surface area contributed by atoms with Crippen LogP contribution in [0.3, 0.4) is 0 Å². The maximum Gasteiger partial charge on any atom is 0.340 e. The largest absolute Gasteiger partial charge is 0.465 e. The highest BCUT2D eigenvalue weighted by Gasteiger charge is 2.18.